The van der Waals surface area contributed by atoms with Crippen LogP contribution in [0.3, 0.4) is 0 Å². The number of phenols is 1. The monoisotopic (exact) mass is 263 g/mol. The normalized spacial score (nSPS) is 12.2. The molecule has 0 heterocycles. The molecule has 0 aliphatic rings. The highest BCUT2D eigenvalue weighted by molar-refractivity contribution is 5.48. The second kappa shape index (κ2) is 5.69. The largest absolute Gasteiger partial charge is 0.508 e. The minimum Gasteiger partial charge on any atom is -0.508 e. The maximum absolute atomic E-state index is 13.2. The molecule has 0 bridgehead atoms. The number of aromatic hydroxyl groups is 1. The maximum atomic E-state index is 13.2. The molecule has 0 aromatic heterocycles. The lowest BCUT2D eigenvalue weighted by atomic mass is 10.0. The van der Waals surface area contributed by atoms with Gasteiger partial charge >= 0.3 is 0 Å². The molecule has 100 valence electrons. The Morgan fingerprint density at radius 1 is 1.11 bits per heavy atom. The molecule has 0 aliphatic carbocycles. The first-order chi connectivity index (χ1) is 9.11. The minimum absolute atomic E-state index is 0.161. The van der Waals surface area contributed by atoms with Gasteiger partial charge in [0.2, 0.25) is 0 Å². The van der Waals surface area contributed by atoms with Crippen molar-refractivity contribution >= 4 is 5.69 Å². The number of anilines is 1. The first kappa shape index (κ1) is 13.3. The molecular weight excluding hydrogens is 248 g/mol. The van der Waals surface area contributed by atoms with Crippen LogP contribution in [0.2, 0.25) is 0 Å². The van der Waals surface area contributed by atoms with E-state index in [-0.39, 0.29) is 11.8 Å². The summed E-state index contributed by atoms with van der Waals surface area (Å²) in [7, 11) is 0. The van der Waals surface area contributed by atoms with Crippen LogP contribution in [0, 0.1) is 11.6 Å². The molecule has 1 unspecified atom stereocenters. The summed E-state index contributed by atoms with van der Waals surface area (Å²) >= 11 is 0. The van der Waals surface area contributed by atoms with Crippen molar-refractivity contribution in [3.8, 4) is 5.75 Å². The van der Waals surface area contributed by atoms with Crippen molar-refractivity contribution in [2.45, 2.75) is 19.4 Å². The van der Waals surface area contributed by atoms with Gasteiger partial charge in [0, 0.05) is 17.3 Å². The molecule has 0 spiro atoms. The fraction of sp³-hybridized carbons (Fsp3) is 0.200. The smallest absolute Gasteiger partial charge is 0.160 e. The Labute approximate surface area is 110 Å². The molecule has 2 aromatic rings. The molecule has 0 saturated carbocycles. The van der Waals surface area contributed by atoms with Crippen LogP contribution >= 0.6 is 0 Å². The highest BCUT2D eigenvalue weighted by Crippen LogP contribution is 2.29. The van der Waals surface area contributed by atoms with Crippen LogP contribution in [-0.2, 0) is 0 Å². The topological polar surface area (TPSA) is 32.3 Å². The predicted octanol–water partition coefficient (Wildman–Crippen LogP) is 4.23. The summed E-state index contributed by atoms with van der Waals surface area (Å²) < 4.78 is 26.0. The van der Waals surface area contributed by atoms with Gasteiger partial charge in [0.25, 0.3) is 0 Å². The van der Waals surface area contributed by atoms with Crippen molar-refractivity contribution in [2.75, 3.05) is 5.32 Å². The predicted molar refractivity (Wildman–Crippen MR) is 71.1 cm³/mol. The van der Waals surface area contributed by atoms with Gasteiger partial charge in [-0.2, -0.15) is 0 Å². The number of hydrogen-bond donors (Lipinski definition) is 2. The molecule has 0 saturated heterocycles. The van der Waals surface area contributed by atoms with E-state index in [2.05, 4.69) is 5.32 Å². The first-order valence-electron chi connectivity index (χ1n) is 6.11. The van der Waals surface area contributed by atoms with Gasteiger partial charge in [-0.05, 0) is 24.6 Å². The average Bonchev–Trinajstić information content (AvgIpc) is 2.41. The lowest BCUT2D eigenvalue weighted by Gasteiger charge is -2.19. The maximum Gasteiger partial charge on any atom is 0.160 e. The van der Waals surface area contributed by atoms with E-state index in [1.165, 1.54) is 6.07 Å². The molecule has 0 radical (unpaired) electrons. The number of rotatable bonds is 4. The lowest BCUT2D eigenvalue weighted by Crippen LogP contribution is -2.10. The van der Waals surface area contributed by atoms with E-state index in [0.29, 0.717) is 12.1 Å². The van der Waals surface area contributed by atoms with E-state index >= 15 is 0 Å². The molecule has 0 aliphatic heterocycles. The fourth-order valence-electron chi connectivity index (χ4n) is 1.97. The molecule has 2 N–H and O–H groups in total. The zero-order valence-corrected chi connectivity index (χ0v) is 10.5. The van der Waals surface area contributed by atoms with Gasteiger partial charge in [-0.1, -0.05) is 25.1 Å². The Morgan fingerprint density at radius 2 is 1.84 bits per heavy atom. The second-order valence-corrected chi connectivity index (χ2v) is 4.29. The van der Waals surface area contributed by atoms with E-state index in [0.717, 1.165) is 17.7 Å². The molecule has 2 rings (SSSR count). The van der Waals surface area contributed by atoms with Gasteiger partial charge < -0.3 is 10.4 Å². The summed E-state index contributed by atoms with van der Waals surface area (Å²) in [6, 6.07) is 10.5. The van der Waals surface area contributed by atoms with Crippen molar-refractivity contribution in [1.29, 1.82) is 0 Å². The number of phenolic OH excluding ortho intramolecular Hbond substituents is 1. The molecule has 0 fully saturated rings. The second-order valence-electron chi connectivity index (χ2n) is 4.29. The molecule has 4 heteroatoms. The van der Waals surface area contributed by atoms with E-state index in [4.69, 9.17) is 0 Å². The van der Waals surface area contributed by atoms with Crippen molar-refractivity contribution in [3.63, 3.8) is 0 Å². The van der Waals surface area contributed by atoms with Gasteiger partial charge in [0.05, 0.1) is 6.04 Å². The summed E-state index contributed by atoms with van der Waals surface area (Å²) in [5.74, 6) is -1.58. The van der Waals surface area contributed by atoms with Crippen LogP contribution in [-0.4, -0.2) is 5.11 Å². The van der Waals surface area contributed by atoms with Crippen LogP contribution < -0.4 is 5.32 Å². The van der Waals surface area contributed by atoms with Gasteiger partial charge in [0.1, 0.15) is 5.75 Å². The highest BCUT2D eigenvalue weighted by Gasteiger charge is 2.13. The quantitative estimate of drug-likeness (QED) is 0.865. The SMILES string of the molecule is CCC(Nc1ccc(F)c(F)c1)c1ccccc1O. The Balaban J connectivity index is 2.24. The molecular formula is C15H15F2NO. The summed E-state index contributed by atoms with van der Waals surface area (Å²) in [5.41, 5.74) is 1.21. The van der Waals surface area contributed by atoms with Crippen molar-refractivity contribution < 1.29 is 13.9 Å². The van der Waals surface area contributed by atoms with E-state index in [9.17, 15) is 13.9 Å². The van der Waals surface area contributed by atoms with Crippen LogP contribution in [0.1, 0.15) is 24.9 Å². The van der Waals surface area contributed by atoms with Gasteiger partial charge in [0.15, 0.2) is 11.6 Å². The van der Waals surface area contributed by atoms with E-state index in [1.807, 2.05) is 13.0 Å². The standard InChI is InChI=1S/C15H15F2NO/c1-2-14(11-5-3-4-6-15(11)19)18-10-7-8-12(16)13(17)9-10/h3-9,14,18-19H,2H2,1H3. The summed E-state index contributed by atoms with van der Waals surface area (Å²) in [4.78, 5) is 0. The third-order valence-corrected chi connectivity index (χ3v) is 2.98. The average molecular weight is 263 g/mol. The van der Waals surface area contributed by atoms with Crippen LogP contribution in [0.5, 0.6) is 5.75 Å². The lowest BCUT2D eigenvalue weighted by molar-refractivity contribution is 0.462. The van der Waals surface area contributed by atoms with Crippen molar-refractivity contribution in [1.82, 2.24) is 0 Å². The van der Waals surface area contributed by atoms with E-state index < -0.39 is 11.6 Å². The summed E-state index contributed by atoms with van der Waals surface area (Å²) in [6.45, 7) is 1.95. The Hall–Kier alpha value is -2.10. The van der Waals surface area contributed by atoms with Crippen molar-refractivity contribution in [2.24, 2.45) is 0 Å². The summed E-state index contributed by atoms with van der Waals surface area (Å²) in [5, 5.41) is 12.9. The molecule has 2 aromatic carbocycles. The fourth-order valence-corrected chi connectivity index (χ4v) is 1.97. The minimum atomic E-state index is -0.892. The van der Waals surface area contributed by atoms with Crippen LogP contribution in [0.4, 0.5) is 14.5 Å². The zero-order chi connectivity index (χ0) is 13.8. The number of halogens is 2. The van der Waals surface area contributed by atoms with Gasteiger partial charge in [-0.25, -0.2) is 8.78 Å². The Bertz CT molecular complexity index is 572. The number of hydrogen-bond acceptors (Lipinski definition) is 2. The third kappa shape index (κ3) is 3.02. The molecule has 0 amide bonds. The molecule has 19 heavy (non-hydrogen) atoms. The zero-order valence-electron chi connectivity index (χ0n) is 10.5. The number of benzene rings is 2. The van der Waals surface area contributed by atoms with Crippen molar-refractivity contribution in [3.05, 3.63) is 59.7 Å². The highest BCUT2D eigenvalue weighted by atomic mass is 19.2. The summed E-state index contributed by atoms with van der Waals surface area (Å²) in [6.07, 6.45) is 0.705. The van der Waals surface area contributed by atoms with Crippen LogP contribution in [0.15, 0.2) is 42.5 Å². The molecule has 2 nitrogen and oxygen atoms in total. The Morgan fingerprint density at radius 3 is 2.47 bits per heavy atom. The van der Waals surface area contributed by atoms with Gasteiger partial charge in [-0.3, -0.25) is 0 Å². The van der Waals surface area contributed by atoms with Crippen LogP contribution in [0.25, 0.3) is 0 Å². The van der Waals surface area contributed by atoms with E-state index in [1.54, 1.807) is 18.2 Å². The third-order valence-electron chi connectivity index (χ3n) is 2.98. The molecule has 1 atom stereocenters. The van der Waals surface area contributed by atoms with Gasteiger partial charge in [-0.15, -0.1) is 0 Å². The number of nitrogens with one attached hydrogen (secondary N) is 1. The Kier molecular flexibility index (Phi) is 4.00. The number of para-hydroxylation sites is 1. The first-order valence-corrected chi connectivity index (χ1v) is 6.11.